The van der Waals surface area contributed by atoms with Crippen molar-refractivity contribution in [1.29, 1.82) is 0 Å². The molecule has 1 aromatic rings. The highest BCUT2D eigenvalue weighted by molar-refractivity contribution is 7.80. The van der Waals surface area contributed by atoms with E-state index in [0.717, 1.165) is 11.4 Å². The summed E-state index contributed by atoms with van der Waals surface area (Å²) in [6, 6.07) is 7.27. The number of nitrogens with two attached hydrogens (primary N) is 1. The lowest BCUT2D eigenvalue weighted by Gasteiger charge is -2.14. The summed E-state index contributed by atoms with van der Waals surface area (Å²) in [4.78, 5) is 12.9. The van der Waals surface area contributed by atoms with Crippen LogP contribution in [-0.4, -0.2) is 24.4 Å². The normalized spacial score (nSPS) is 14.8. The van der Waals surface area contributed by atoms with E-state index in [1.807, 2.05) is 18.2 Å². The molecule has 0 unspecified atom stereocenters. The van der Waals surface area contributed by atoms with E-state index in [1.54, 1.807) is 11.0 Å². The number of carbonyl (C=O) groups excluding carboxylic acids is 1. The van der Waals surface area contributed by atoms with Crippen LogP contribution in [0.5, 0.6) is 0 Å². The Kier molecular flexibility index (Phi) is 2.91. The second kappa shape index (κ2) is 4.36. The van der Waals surface area contributed by atoms with Crippen LogP contribution in [0.4, 0.5) is 16.2 Å². The van der Waals surface area contributed by atoms with Crippen LogP contribution >= 0.6 is 12.2 Å². The summed E-state index contributed by atoms with van der Waals surface area (Å²) in [6.45, 7) is 0.987. The number of nitrogens with zero attached hydrogens (tertiary/aromatic N) is 1. The maximum atomic E-state index is 11.3. The van der Waals surface area contributed by atoms with Gasteiger partial charge in [-0.2, -0.15) is 0 Å². The number of hydrogen-bond acceptors (Lipinski definition) is 3. The van der Waals surface area contributed by atoms with Gasteiger partial charge in [-0.25, -0.2) is 4.79 Å². The van der Waals surface area contributed by atoms with E-state index in [1.165, 1.54) is 0 Å². The Labute approximate surface area is 98.2 Å². The van der Waals surface area contributed by atoms with Gasteiger partial charge in [0, 0.05) is 11.4 Å². The summed E-state index contributed by atoms with van der Waals surface area (Å²) in [5, 5.41) is 3.01. The Balaban J connectivity index is 2.21. The van der Waals surface area contributed by atoms with Crippen LogP contribution in [0.2, 0.25) is 0 Å². The molecule has 84 valence electrons. The third-order valence-corrected chi connectivity index (χ3v) is 2.29. The molecule has 1 aliphatic rings. The molecule has 1 heterocycles. The zero-order valence-electron chi connectivity index (χ0n) is 8.47. The zero-order chi connectivity index (χ0) is 11.5. The van der Waals surface area contributed by atoms with E-state index in [-0.39, 0.29) is 11.2 Å². The molecule has 16 heavy (non-hydrogen) atoms. The van der Waals surface area contributed by atoms with Crippen LogP contribution in [0.25, 0.3) is 0 Å². The molecular formula is C10H11N3O2S. The van der Waals surface area contributed by atoms with Crippen molar-refractivity contribution in [3.63, 3.8) is 0 Å². The first-order chi connectivity index (χ1) is 7.66. The van der Waals surface area contributed by atoms with Gasteiger partial charge in [0.25, 0.3) is 0 Å². The van der Waals surface area contributed by atoms with Gasteiger partial charge in [0.1, 0.15) is 6.61 Å². The molecule has 1 aromatic carbocycles. The van der Waals surface area contributed by atoms with E-state index in [0.29, 0.717) is 13.2 Å². The van der Waals surface area contributed by atoms with Crippen molar-refractivity contribution in [3.8, 4) is 0 Å². The number of nitrogens with one attached hydrogen (secondary N) is 1. The van der Waals surface area contributed by atoms with Crippen molar-refractivity contribution in [3.05, 3.63) is 24.3 Å². The predicted octanol–water partition coefficient (Wildman–Crippen LogP) is 1.30. The molecule has 1 amide bonds. The van der Waals surface area contributed by atoms with Crippen molar-refractivity contribution in [2.45, 2.75) is 0 Å². The monoisotopic (exact) mass is 237 g/mol. The molecule has 3 N–H and O–H groups in total. The van der Waals surface area contributed by atoms with Crippen LogP contribution in [0.3, 0.4) is 0 Å². The number of hydrogen-bond donors (Lipinski definition) is 2. The molecule has 0 radical (unpaired) electrons. The van der Waals surface area contributed by atoms with Gasteiger partial charge in [-0.1, -0.05) is 6.07 Å². The summed E-state index contributed by atoms with van der Waals surface area (Å²) < 4.78 is 4.86. The number of thiocarbonyl (C=S) groups is 1. The highest BCUT2D eigenvalue weighted by Gasteiger charge is 2.23. The molecule has 0 atom stereocenters. The molecule has 0 aliphatic carbocycles. The molecule has 0 bridgehead atoms. The first-order valence-electron chi connectivity index (χ1n) is 4.77. The van der Waals surface area contributed by atoms with Crippen LogP contribution in [0.1, 0.15) is 0 Å². The standard InChI is InChI=1S/C10H11N3O2S/c11-9(16)12-7-2-1-3-8(6-7)13-4-5-15-10(13)14/h1-3,6H,4-5H2,(H3,11,12,16). The molecule has 1 fully saturated rings. The quantitative estimate of drug-likeness (QED) is 0.759. The van der Waals surface area contributed by atoms with E-state index in [9.17, 15) is 4.79 Å². The number of amides is 1. The SMILES string of the molecule is NC(=S)Nc1cccc(N2CCOC2=O)c1. The first-order valence-corrected chi connectivity index (χ1v) is 5.18. The number of anilines is 2. The van der Waals surface area contributed by atoms with Gasteiger partial charge < -0.3 is 15.8 Å². The second-order valence-corrected chi connectivity index (χ2v) is 3.75. The predicted molar refractivity (Wildman–Crippen MR) is 65.5 cm³/mol. The average molecular weight is 237 g/mol. The van der Waals surface area contributed by atoms with E-state index in [2.05, 4.69) is 5.32 Å². The largest absolute Gasteiger partial charge is 0.447 e. The maximum Gasteiger partial charge on any atom is 0.414 e. The second-order valence-electron chi connectivity index (χ2n) is 3.31. The van der Waals surface area contributed by atoms with Crippen LogP contribution < -0.4 is 16.0 Å². The lowest BCUT2D eigenvalue weighted by molar-refractivity contribution is 0.181. The Morgan fingerprint density at radius 3 is 3.00 bits per heavy atom. The van der Waals surface area contributed by atoms with Crippen molar-refractivity contribution in [2.75, 3.05) is 23.4 Å². The molecule has 1 saturated heterocycles. The summed E-state index contributed by atoms with van der Waals surface area (Å²) in [5.74, 6) is 0. The molecule has 6 heteroatoms. The highest BCUT2D eigenvalue weighted by Crippen LogP contribution is 2.22. The summed E-state index contributed by atoms with van der Waals surface area (Å²) >= 11 is 4.74. The third kappa shape index (κ3) is 2.22. The summed E-state index contributed by atoms with van der Waals surface area (Å²) in [7, 11) is 0. The minimum absolute atomic E-state index is 0.196. The van der Waals surface area contributed by atoms with Gasteiger partial charge in [-0.15, -0.1) is 0 Å². The number of rotatable bonds is 2. The van der Waals surface area contributed by atoms with Crippen LogP contribution in [0.15, 0.2) is 24.3 Å². The maximum absolute atomic E-state index is 11.3. The van der Waals surface area contributed by atoms with Crippen molar-refractivity contribution in [2.24, 2.45) is 5.73 Å². The molecule has 1 aliphatic heterocycles. The van der Waals surface area contributed by atoms with Gasteiger partial charge in [0.15, 0.2) is 5.11 Å². The van der Waals surface area contributed by atoms with Gasteiger partial charge in [-0.3, -0.25) is 4.90 Å². The molecule has 5 nitrogen and oxygen atoms in total. The first kappa shape index (κ1) is 10.7. The third-order valence-electron chi connectivity index (χ3n) is 2.19. The fourth-order valence-electron chi connectivity index (χ4n) is 1.52. The number of ether oxygens (including phenoxy) is 1. The fraction of sp³-hybridized carbons (Fsp3) is 0.200. The Morgan fingerprint density at radius 1 is 1.56 bits per heavy atom. The van der Waals surface area contributed by atoms with Crippen LogP contribution in [0, 0.1) is 0 Å². The van der Waals surface area contributed by atoms with E-state index >= 15 is 0 Å². The minimum Gasteiger partial charge on any atom is -0.447 e. The van der Waals surface area contributed by atoms with Gasteiger partial charge in [0.05, 0.1) is 6.54 Å². The zero-order valence-corrected chi connectivity index (χ0v) is 9.29. The summed E-state index contributed by atoms with van der Waals surface area (Å²) in [6.07, 6.45) is -0.326. The van der Waals surface area contributed by atoms with Gasteiger partial charge >= 0.3 is 6.09 Å². The van der Waals surface area contributed by atoms with Gasteiger partial charge in [-0.05, 0) is 30.4 Å². The van der Waals surface area contributed by atoms with Crippen molar-refractivity contribution in [1.82, 2.24) is 0 Å². The molecular weight excluding hydrogens is 226 g/mol. The van der Waals surface area contributed by atoms with Crippen molar-refractivity contribution < 1.29 is 9.53 Å². The lowest BCUT2D eigenvalue weighted by atomic mass is 10.2. The molecule has 0 aromatic heterocycles. The average Bonchev–Trinajstić information content (AvgIpc) is 2.64. The van der Waals surface area contributed by atoms with E-state index < -0.39 is 0 Å². The topological polar surface area (TPSA) is 67.6 Å². The fourth-order valence-corrected chi connectivity index (χ4v) is 1.64. The van der Waals surface area contributed by atoms with E-state index in [4.69, 9.17) is 22.7 Å². The smallest absolute Gasteiger partial charge is 0.414 e. The number of cyclic esters (lactones) is 1. The number of benzene rings is 1. The minimum atomic E-state index is -0.326. The summed E-state index contributed by atoms with van der Waals surface area (Å²) in [5.41, 5.74) is 6.89. The van der Waals surface area contributed by atoms with Crippen molar-refractivity contribution >= 4 is 34.8 Å². The molecule has 0 saturated carbocycles. The lowest BCUT2D eigenvalue weighted by Crippen LogP contribution is -2.24. The molecule has 2 rings (SSSR count). The number of carbonyl (C=O) groups is 1. The van der Waals surface area contributed by atoms with Gasteiger partial charge in [0.2, 0.25) is 0 Å². The molecule has 0 spiro atoms. The van der Waals surface area contributed by atoms with Crippen LogP contribution in [-0.2, 0) is 4.74 Å². The Hall–Kier alpha value is -1.82. The Morgan fingerprint density at radius 2 is 2.38 bits per heavy atom. The highest BCUT2D eigenvalue weighted by atomic mass is 32.1. The Bertz CT molecular complexity index is 436.